The number of carbonyl (C=O) groups excluding carboxylic acids is 4. The van der Waals surface area contributed by atoms with Crippen LogP contribution >= 0.6 is 11.3 Å². The van der Waals surface area contributed by atoms with Crippen LogP contribution in [0.25, 0.3) is 10.2 Å². The molecule has 2 aromatic carbocycles. The van der Waals surface area contributed by atoms with Gasteiger partial charge in [0.2, 0.25) is 11.8 Å². The number of amides is 5. The van der Waals surface area contributed by atoms with Crippen LogP contribution in [0, 0.1) is 0 Å². The first kappa shape index (κ1) is 30.3. The predicted octanol–water partition coefficient (Wildman–Crippen LogP) is 2.55. The zero-order valence-electron chi connectivity index (χ0n) is 25.0. The molecule has 0 bridgehead atoms. The molecule has 45 heavy (non-hydrogen) atoms. The number of hydrogen-bond donors (Lipinski definition) is 3. The van der Waals surface area contributed by atoms with Crippen molar-refractivity contribution < 1.29 is 23.9 Å². The zero-order chi connectivity index (χ0) is 31.7. The van der Waals surface area contributed by atoms with E-state index in [-0.39, 0.29) is 63.0 Å². The van der Waals surface area contributed by atoms with E-state index in [1.54, 1.807) is 33.0 Å². The molecular weight excluding hydrogens is 596 g/mol. The highest BCUT2D eigenvalue weighted by Crippen LogP contribution is 2.34. The summed E-state index contributed by atoms with van der Waals surface area (Å²) in [6.07, 6.45) is 2.97. The third-order valence-electron chi connectivity index (χ3n) is 8.21. The van der Waals surface area contributed by atoms with Gasteiger partial charge in [-0.2, -0.15) is 5.01 Å². The Labute approximate surface area is 264 Å². The van der Waals surface area contributed by atoms with Crippen molar-refractivity contribution in [1.29, 1.82) is 0 Å². The Morgan fingerprint density at radius 2 is 2.13 bits per heavy atom. The summed E-state index contributed by atoms with van der Waals surface area (Å²) in [6, 6.07) is 9.95. The van der Waals surface area contributed by atoms with Crippen LogP contribution in [0.5, 0.6) is 5.75 Å². The van der Waals surface area contributed by atoms with Crippen molar-refractivity contribution in [1.82, 2.24) is 30.1 Å². The van der Waals surface area contributed by atoms with E-state index < -0.39 is 12.2 Å². The molecule has 2 atom stereocenters. The number of fused-ring (bicyclic) bond motifs is 3. The van der Waals surface area contributed by atoms with Gasteiger partial charge in [-0.05, 0) is 35.7 Å². The number of nitrogens with zero attached hydrogens (tertiary/aromatic N) is 5. The molecule has 13 nitrogen and oxygen atoms in total. The van der Waals surface area contributed by atoms with Crippen LogP contribution in [0.2, 0.25) is 0 Å². The van der Waals surface area contributed by atoms with Gasteiger partial charge in [-0.3, -0.25) is 19.4 Å². The summed E-state index contributed by atoms with van der Waals surface area (Å²) in [6.45, 7) is 6.88. The smallest absolute Gasteiger partial charge is 0.332 e. The van der Waals surface area contributed by atoms with Gasteiger partial charge in [0.25, 0.3) is 5.91 Å². The lowest BCUT2D eigenvalue weighted by Crippen LogP contribution is -2.66. The van der Waals surface area contributed by atoms with Crippen molar-refractivity contribution in [3.8, 4) is 5.75 Å². The molecule has 4 N–H and O–H groups in total. The Morgan fingerprint density at radius 1 is 1.29 bits per heavy atom. The molecule has 2 fully saturated rings. The number of rotatable bonds is 10. The first-order valence-corrected chi connectivity index (χ1v) is 15.8. The standard InChI is InChI=1S/C31H36N8O5S/c1-3-5-11-33-31(43)37(12-4-2)38-17-27(41)39-22(14-19-9-10-23-21(13-19)34-25(40)18-44-23)29(42)36(16-26(38)39)15-20-7-6-8-24-28(20)35-30(32)45-24/h4,6-10,13,22,26H,2-3,5,11-12,14-18H2,1H3,(H2,32,35)(H,33,43)(H,34,40)/t22-,26+/m0/s1. The van der Waals surface area contributed by atoms with E-state index in [1.165, 1.54) is 16.3 Å². The summed E-state index contributed by atoms with van der Waals surface area (Å²) < 4.78 is 6.43. The van der Waals surface area contributed by atoms with Crippen LogP contribution in [0.15, 0.2) is 49.1 Å². The van der Waals surface area contributed by atoms with Gasteiger partial charge in [0.1, 0.15) is 18.0 Å². The highest BCUT2D eigenvalue weighted by Gasteiger charge is 2.52. The average Bonchev–Trinajstić information content (AvgIpc) is 3.56. The minimum atomic E-state index is -0.854. The second kappa shape index (κ2) is 12.7. The lowest BCUT2D eigenvalue weighted by molar-refractivity contribution is -0.157. The molecule has 3 aliphatic rings. The number of hydrogen-bond acceptors (Lipinski definition) is 9. The van der Waals surface area contributed by atoms with E-state index in [0.29, 0.717) is 23.1 Å². The van der Waals surface area contributed by atoms with Gasteiger partial charge in [0.15, 0.2) is 11.7 Å². The van der Waals surface area contributed by atoms with Crippen LogP contribution in [0.1, 0.15) is 30.9 Å². The van der Waals surface area contributed by atoms with Crippen molar-refractivity contribution in [2.24, 2.45) is 0 Å². The lowest BCUT2D eigenvalue weighted by Gasteiger charge is -2.46. The number of unbranched alkanes of at least 4 members (excludes halogenated alkanes) is 1. The Balaban J connectivity index is 1.34. The van der Waals surface area contributed by atoms with Crippen LogP contribution in [-0.2, 0) is 27.3 Å². The first-order valence-electron chi connectivity index (χ1n) is 15.0. The predicted molar refractivity (Wildman–Crippen MR) is 170 cm³/mol. The Kier molecular flexibility index (Phi) is 8.59. The Morgan fingerprint density at radius 3 is 2.93 bits per heavy atom. The number of thiazole rings is 1. The van der Waals surface area contributed by atoms with Gasteiger partial charge in [0, 0.05) is 19.5 Å². The number of nitrogens with one attached hydrogen (secondary N) is 2. The molecule has 14 heteroatoms. The molecule has 0 aliphatic carbocycles. The molecule has 3 aliphatic heterocycles. The van der Waals surface area contributed by atoms with Crippen molar-refractivity contribution in [3.05, 3.63) is 60.2 Å². The molecule has 0 unspecified atom stereocenters. The van der Waals surface area contributed by atoms with E-state index >= 15 is 0 Å². The Hall–Kier alpha value is -4.69. The largest absolute Gasteiger partial charge is 0.482 e. The number of nitrogens with two attached hydrogens (primary N) is 1. The van der Waals surface area contributed by atoms with Crippen molar-refractivity contribution in [2.75, 3.05) is 43.8 Å². The summed E-state index contributed by atoms with van der Waals surface area (Å²) in [5.41, 5.74) is 8.85. The molecule has 3 aromatic rings. The number of para-hydroxylation sites is 1. The number of benzene rings is 2. The van der Waals surface area contributed by atoms with Crippen molar-refractivity contribution >= 4 is 56.1 Å². The summed E-state index contributed by atoms with van der Waals surface area (Å²) >= 11 is 1.38. The average molecular weight is 633 g/mol. The number of nitrogen functional groups attached to an aromatic ring is 1. The number of anilines is 2. The van der Waals surface area contributed by atoms with Crippen molar-refractivity contribution in [2.45, 2.75) is 44.9 Å². The topological polar surface area (TPSA) is 153 Å². The fraction of sp³-hybridized carbons (Fsp3) is 0.387. The van der Waals surface area contributed by atoms with E-state index in [0.717, 1.165) is 34.2 Å². The van der Waals surface area contributed by atoms with Gasteiger partial charge < -0.3 is 30.9 Å². The molecule has 0 saturated carbocycles. The molecular formula is C31H36N8O5S. The van der Waals surface area contributed by atoms with Gasteiger partial charge in [-0.1, -0.05) is 49.0 Å². The molecule has 2 saturated heterocycles. The fourth-order valence-corrected chi connectivity index (χ4v) is 6.90. The number of hydrazine groups is 1. The minimum Gasteiger partial charge on any atom is -0.482 e. The number of ether oxygens (including phenoxy) is 1. The van der Waals surface area contributed by atoms with E-state index in [4.69, 9.17) is 10.5 Å². The van der Waals surface area contributed by atoms with Crippen molar-refractivity contribution in [3.63, 3.8) is 0 Å². The van der Waals surface area contributed by atoms with E-state index in [1.807, 2.05) is 31.2 Å². The second-order valence-corrected chi connectivity index (χ2v) is 12.3. The Bertz CT molecular complexity index is 1660. The molecule has 236 valence electrons. The number of urea groups is 1. The van der Waals surface area contributed by atoms with Gasteiger partial charge in [0.05, 0.1) is 35.5 Å². The molecule has 1 aromatic heterocycles. The molecule has 0 radical (unpaired) electrons. The normalized spacial score (nSPS) is 19.6. The summed E-state index contributed by atoms with van der Waals surface area (Å²) in [5.74, 6) is -0.192. The lowest BCUT2D eigenvalue weighted by atomic mass is 9.99. The maximum absolute atomic E-state index is 14.3. The van der Waals surface area contributed by atoms with Crippen LogP contribution in [-0.4, -0.2) is 93.5 Å². The van der Waals surface area contributed by atoms with Crippen LogP contribution < -0.4 is 21.1 Å². The van der Waals surface area contributed by atoms with Crippen LogP contribution in [0.3, 0.4) is 0 Å². The molecule has 5 amide bonds. The molecule has 6 rings (SSSR count). The van der Waals surface area contributed by atoms with Gasteiger partial charge in [-0.15, -0.1) is 6.58 Å². The second-order valence-electron chi connectivity index (χ2n) is 11.3. The van der Waals surface area contributed by atoms with Crippen LogP contribution in [0.4, 0.5) is 15.6 Å². The maximum atomic E-state index is 14.3. The third kappa shape index (κ3) is 6.02. The fourth-order valence-electron chi connectivity index (χ4n) is 6.12. The van der Waals surface area contributed by atoms with Gasteiger partial charge >= 0.3 is 6.03 Å². The monoisotopic (exact) mass is 632 g/mol. The van der Waals surface area contributed by atoms with E-state index in [9.17, 15) is 19.2 Å². The maximum Gasteiger partial charge on any atom is 0.332 e. The summed E-state index contributed by atoms with van der Waals surface area (Å²) in [5, 5.41) is 9.43. The highest BCUT2D eigenvalue weighted by molar-refractivity contribution is 7.22. The quantitative estimate of drug-likeness (QED) is 0.228. The number of carbonyl (C=O) groups is 4. The summed E-state index contributed by atoms with van der Waals surface area (Å²) in [7, 11) is 0. The minimum absolute atomic E-state index is 0.0627. The third-order valence-corrected chi connectivity index (χ3v) is 9.06. The highest BCUT2D eigenvalue weighted by atomic mass is 32.1. The molecule has 4 heterocycles. The van der Waals surface area contributed by atoms with E-state index in [2.05, 4.69) is 22.2 Å². The number of piperazine rings is 1. The SMILES string of the molecule is C=CCN(C(=O)NCCCC)N1CC(=O)N2[C@@H](Cc3ccc4c(c3)NC(=O)CO4)C(=O)N(Cc3cccc4sc(N)nc34)C[C@@H]21. The number of aromatic nitrogens is 1. The first-order chi connectivity index (χ1) is 21.8. The van der Waals surface area contributed by atoms with Gasteiger partial charge in [-0.25, -0.2) is 9.78 Å². The zero-order valence-corrected chi connectivity index (χ0v) is 25.8. The summed E-state index contributed by atoms with van der Waals surface area (Å²) in [4.78, 5) is 61.1. The molecule has 0 spiro atoms.